The van der Waals surface area contributed by atoms with Crippen LogP contribution in [0.3, 0.4) is 0 Å². The Hall–Kier alpha value is -2.38. The second-order valence-corrected chi connectivity index (χ2v) is 10.2. The number of pyridine rings is 1. The molecule has 3 aromatic heterocycles. The quantitative estimate of drug-likeness (QED) is 0.663. The van der Waals surface area contributed by atoms with Gasteiger partial charge in [-0.15, -0.1) is 11.3 Å². The predicted molar refractivity (Wildman–Crippen MR) is 122 cm³/mol. The molecule has 1 aliphatic carbocycles. The smallest absolute Gasteiger partial charge is 0.147 e. The van der Waals surface area contributed by atoms with Crippen molar-refractivity contribution in [3.8, 4) is 0 Å². The van der Waals surface area contributed by atoms with Gasteiger partial charge in [-0.1, -0.05) is 32.4 Å². The van der Waals surface area contributed by atoms with Crippen LogP contribution in [0.4, 0.5) is 5.82 Å². The Bertz CT molecular complexity index is 1210. The molecule has 5 rings (SSSR count). The van der Waals surface area contributed by atoms with Crippen LogP contribution in [-0.2, 0) is 6.54 Å². The van der Waals surface area contributed by atoms with Crippen molar-refractivity contribution in [3.05, 3.63) is 46.3 Å². The Morgan fingerprint density at radius 2 is 2.13 bits per heavy atom. The highest BCUT2D eigenvalue weighted by molar-refractivity contribution is 7.17. The Morgan fingerprint density at radius 1 is 1.27 bits per heavy atom. The molecule has 30 heavy (non-hydrogen) atoms. The first-order valence-electron chi connectivity index (χ1n) is 10.6. The van der Waals surface area contributed by atoms with Gasteiger partial charge in [0, 0.05) is 30.1 Å². The summed E-state index contributed by atoms with van der Waals surface area (Å²) in [6.07, 6.45) is 8.56. The van der Waals surface area contributed by atoms with Gasteiger partial charge in [0.05, 0.1) is 10.2 Å². The lowest BCUT2D eigenvalue weighted by Crippen LogP contribution is -2.53. The largest absolute Gasteiger partial charge is 0.365 e. The van der Waals surface area contributed by atoms with Gasteiger partial charge >= 0.3 is 0 Å². The molecule has 2 atom stereocenters. The van der Waals surface area contributed by atoms with Gasteiger partial charge in [0.25, 0.3) is 0 Å². The molecule has 0 bridgehead atoms. The molecule has 0 radical (unpaired) electrons. The molecule has 0 aromatic carbocycles. The van der Waals surface area contributed by atoms with Crippen LogP contribution in [0.15, 0.2) is 35.8 Å². The van der Waals surface area contributed by atoms with Crippen molar-refractivity contribution in [3.63, 3.8) is 0 Å². The third kappa shape index (κ3) is 3.03. The third-order valence-electron chi connectivity index (χ3n) is 6.65. The van der Waals surface area contributed by atoms with E-state index in [9.17, 15) is 0 Å². The van der Waals surface area contributed by atoms with Gasteiger partial charge in [-0.3, -0.25) is 15.3 Å². The van der Waals surface area contributed by atoms with Crippen LogP contribution < -0.4 is 20.5 Å². The summed E-state index contributed by atoms with van der Waals surface area (Å²) < 4.78 is 2.18. The first-order chi connectivity index (χ1) is 14.5. The SMILES string of the molecule is CCC1(NC)N=c2sc3c(NCc4cccnc4)ncnc3c2=C2CC(C)(C)CC21. The van der Waals surface area contributed by atoms with Crippen LogP contribution in [0.25, 0.3) is 15.8 Å². The highest BCUT2D eigenvalue weighted by Gasteiger charge is 2.48. The molecule has 1 aliphatic heterocycles. The zero-order valence-corrected chi connectivity index (χ0v) is 18.8. The highest BCUT2D eigenvalue weighted by Crippen LogP contribution is 2.51. The van der Waals surface area contributed by atoms with E-state index >= 15 is 0 Å². The molecule has 1 saturated carbocycles. The maximum atomic E-state index is 5.30. The standard InChI is InChI=1S/C23H28N6S/c1-5-23(24-4)16-10-22(2,3)9-15(16)17-18-19(30-21(17)29-23)20(28-13-27-18)26-12-14-7-6-8-25-11-14/h6-8,11,13,16,24H,5,9-10,12H2,1-4H3,(H,26,27,28). The molecule has 2 unspecified atom stereocenters. The maximum Gasteiger partial charge on any atom is 0.147 e. The molecule has 4 heterocycles. The van der Waals surface area contributed by atoms with E-state index in [0.29, 0.717) is 12.5 Å². The van der Waals surface area contributed by atoms with E-state index in [1.807, 2.05) is 12.3 Å². The van der Waals surface area contributed by atoms with Crippen LogP contribution >= 0.6 is 11.3 Å². The molecule has 0 spiro atoms. The minimum atomic E-state index is -0.228. The summed E-state index contributed by atoms with van der Waals surface area (Å²) >= 11 is 1.71. The van der Waals surface area contributed by atoms with Crippen molar-refractivity contribution in [2.45, 2.75) is 52.2 Å². The van der Waals surface area contributed by atoms with Crippen LogP contribution in [0, 0.1) is 11.3 Å². The summed E-state index contributed by atoms with van der Waals surface area (Å²) in [7, 11) is 2.05. The van der Waals surface area contributed by atoms with Crippen molar-refractivity contribution in [1.82, 2.24) is 20.3 Å². The van der Waals surface area contributed by atoms with E-state index in [4.69, 9.17) is 9.98 Å². The fourth-order valence-electron chi connectivity index (χ4n) is 5.18. The number of nitrogens with zero attached hydrogens (tertiary/aromatic N) is 4. The molecule has 0 amide bonds. The Labute approximate surface area is 180 Å². The van der Waals surface area contributed by atoms with E-state index in [1.165, 1.54) is 10.8 Å². The van der Waals surface area contributed by atoms with Crippen molar-refractivity contribution in [1.29, 1.82) is 0 Å². The van der Waals surface area contributed by atoms with Crippen molar-refractivity contribution in [2.75, 3.05) is 12.4 Å². The lowest BCUT2D eigenvalue weighted by atomic mass is 9.82. The van der Waals surface area contributed by atoms with Crippen LogP contribution in [0.1, 0.15) is 45.6 Å². The molecular formula is C23H28N6S. The summed E-state index contributed by atoms with van der Waals surface area (Å²) in [4.78, 5) is 18.8. The second-order valence-electron chi connectivity index (χ2n) is 9.16. The van der Waals surface area contributed by atoms with Gasteiger partial charge in [0.1, 0.15) is 22.5 Å². The van der Waals surface area contributed by atoms with E-state index in [1.54, 1.807) is 23.9 Å². The summed E-state index contributed by atoms with van der Waals surface area (Å²) in [5, 5.41) is 8.33. The molecule has 6 nitrogen and oxygen atoms in total. The fraction of sp³-hybridized carbons (Fsp3) is 0.478. The van der Waals surface area contributed by atoms with Crippen LogP contribution in [0.2, 0.25) is 0 Å². The molecular weight excluding hydrogens is 392 g/mol. The lowest BCUT2D eigenvalue weighted by molar-refractivity contribution is 0.226. The molecule has 156 valence electrons. The monoisotopic (exact) mass is 420 g/mol. The molecule has 2 N–H and O–H groups in total. The van der Waals surface area contributed by atoms with Gasteiger partial charge in [-0.05, 0) is 43.4 Å². The Balaban J connectivity index is 1.68. The van der Waals surface area contributed by atoms with E-state index < -0.39 is 0 Å². The predicted octanol–water partition coefficient (Wildman–Crippen LogP) is 3.24. The van der Waals surface area contributed by atoms with Crippen molar-refractivity contribution in [2.24, 2.45) is 16.3 Å². The molecule has 0 saturated heterocycles. The number of hydrogen-bond donors (Lipinski definition) is 2. The summed E-state index contributed by atoms with van der Waals surface area (Å²) in [6, 6.07) is 4.02. The Kier molecular flexibility index (Phi) is 4.63. The number of thiophene rings is 1. The number of anilines is 1. The van der Waals surface area contributed by atoms with Crippen LogP contribution in [-0.4, -0.2) is 27.7 Å². The molecule has 7 heteroatoms. The van der Waals surface area contributed by atoms with Gasteiger partial charge in [-0.25, -0.2) is 9.97 Å². The third-order valence-corrected chi connectivity index (χ3v) is 7.73. The summed E-state index contributed by atoms with van der Waals surface area (Å²) in [5.74, 6) is 1.29. The number of fused-ring (bicyclic) bond motifs is 4. The highest BCUT2D eigenvalue weighted by atomic mass is 32.1. The zero-order chi connectivity index (χ0) is 20.9. The first kappa shape index (κ1) is 19.6. The van der Waals surface area contributed by atoms with Crippen molar-refractivity contribution < 1.29 is 0 Å². The minimum absolute atomic E-state index is 0.228. The van der Waals surface area contributed by atoms with Crippen molar-refractivity contribution >= 4 is 32.9 Å². The maximum absolute atomic E-state index is 5.30. The summed E-state index contributed by atoms with van der Waals surface area (Å²) in [6.45, 7) is 7.67. The second kappa shape index (κ2) is 7.10. The van der Waals surface area contributed by atoms with Gasteiger partial charge < -0.3 is 5.32 Å². The average molecular weight is 421 g/mol. The normalized spacial score (nSPS) is 24.4. The number of hydrogen-bond acceptors (Lipinski definition) is 7. The number of aromatic nitrogens is 3. The number of rotatable bonds is 5. The van der Waals surface area contributed by atoms with E-state index in [2.05, 4.69) is 54.5 Å². The summed E-state index contributed by atoms with van der Waals surface area (Å²) in [5.41, 5.74) is 3.73. The molecule has 1 fully saturated rings. The Morgan fingerprint density at radius 3 is 2.87 bits per heavy atom. The van der Waals surface area contributed by atoms with Gasteiger partial charge in [0.15, 0.2) is 0 Å². The fourth-order valence-corrected chi connectivity index (χ4v) is 6.38. The average Bonchev–Trinajstić information content (AvgIpc) is 3.28. The van der Waals surface area contributed by atoms with Gasteiger partial charge in [-0.2, -0.15) is 0 Å². The topological polar surface area (TPSA) is 75.1 Å². The number of nitrogens with one attached hydrogen (secondary N) is 2. The minimum Gasteiger partial charge on any atom is -0.365 e. The van der Waals surface area contributed by atoms with E-state index in [0.717, 1.165) is 45.5 Å². The molecule has 2 aliphatic rings. The van der Waals surface area contributed by atoms with Crippen LogP contribution in [0.5, 0.6) is 0 Å². The van der Waals surface area contributed by atoms with Gasteiger partial charge in [0.2, 0.25) is 0 Å². The molecule has 3 aromatic rings. The lowest BCUT2D eigenvalue weighted by Gasteiger charge is -2.37. The first-order valence-corrected chi connectivity index (χ1v) is 11.5. The zero-order valence-electron chi connectivity index (χ0n) is 18.0. The van der Waals surface area contributed by atoms with E-state index in [-0.39, 0.29) is 11.1 Å².